The monoisotopic (exact) mass is 472 g/mol. The maximum absolute atomic E-state index is 12.2. The quantitative estimate of drug-likeness (QED) is 0.207. The predicted molar refractivity (Wildman–Crippen MR) is 125 cm³/mol. The van der Waals surface area contributed by atoms with Gasteiger partial charge in [-0.15, -0.1) is 0 Å². The van der Waals surface area contributed by atoms with E-state index < -0.39 is 5.97 Å². The number of benzene rings is 3. The molecule has 0 saturated carbocycles. The van der Waals surface area contributed by atoms with E-state index in [4.69, 9.17) is 42.1 Å². The van der Waals surface area contributed by atoms with Gasteiger partial charge in [0, 0.05) is 12.1 Å². The Labute approximate surface area is 197 Å². The second kappa shape index (κ2) is 11.5. The largest absolute Gasteiger partial charge is 0.503 e. The molecule has 0 atom stereocenters. The summed E-state index contributed by atoms with van der Waals surface area (Å²) in [6.07, 6.45) is 1.34. The molecule has 0 saturated heterocycles. The summed E-state index contributed by atoms with van der Waals surface area (Å²) in [6, 6.07) is 20.3. The Bertz CT molecular complexity index is 1070. The van der Waals surface area contributed by atoms with Gasteiger partial charge in [-0.25, -0.2) is 4.79 Å². The summed E-state index contributed by atoms with van der Waals surface area (Å²) in [5.74, 6) is 0.350. The molecule has 0 fully saturated rings. The summed E-state index contributed by atoms with van der Waals surface area (Å²) in [5.41, 5.74) is 2.69. The minimum absolute atomic E-state index is 0.172. The van der Waals surface area contributed by atoms with E-state index in [0.29, 0.717) is 33.7 Å². The highest BCUT2D eigenvalue weighted by atomic mass is 35.5. The summed E-state index contributed by atoms with van der Waals surface area (Å²) in [7, 11) is 2.78. The first kappa shape index (κ1) is 23.5. The molecule has 0 aliphatic heterocycles. The van der Waals surface area contributed by atoms with Crippen molar-refractivity contribution in [1.82, 2.24) is 0 Å². The zero-order valence-corrected chi connectivity index (χ0v) is 19.2. The maximum atomic E-state index is 12.2. The number of carbonyl (C=O) groups excluding carboxylic acids is 1. The summed E-state index contributed by atoms with van der Waals surface area (Å²) in [6.45, 7) is 0.515. The molecule has 0 aliphatic rings. The van der Waals surface area contributed by atoms with Crippen LogP contribution in [0.2, 0.25) is 10.0 Å². The van der Waals surface area contributed by atoms with E-state index in [2.05, 4.69) is 0 Å². The molecule has 0 bridgehead atoms. The van der Waals surface area contributed by atoms with E-state index in [9.17, 15) is 4.79 Å². The molecule has 166 valence electrons. The number of methoxy groups -OCH3 is 2. The summed E-state index contributed by atoms with van der Waals surface area (Å²) in [5, 5.41) is 0.678. The van der Waals surface area contributed by atoms with Crippen LogP contribution in [0.3, 0.4) is 0 Å². The highest BCUT2D eigenvalue weighted by molar-refractivity contribution is 6.37. The summed E-state index contributed by atoms with van der Waals surface area (Å²) in [4.78, 5) is 12.2. The molecule has 3 rings (SSSR count). The molecule has 0 radical (unpaired) electrons. The molecule has 7 heteroatoms. The van der Waals surface area contributed by atoms with E-state index in [0.717, 1.165) is 11.1 Å². The molecule has 0 heterocycles. The molecule has 0 aromatic heterocycles. The predicted octanol–water partition coefficient (Wildman–Crippen LogP) is 6.31. The average Bonchev–Trinajstić information content (AvgIpc) is 2.81. The summed E-state index contributed by atoms with van der Waals surface area (Å²) < 4.78 is 21.6. The number of halogens is 2. The molecule has 5 nitrogen and oxygen atoms in total. The third-order valence-corrected chi connectivity index (χ3v) is 5.10. The van der Waals surface area contributed by atoms with Crippen molar-refractivity contribution in [2.45, 2.75) is 13.2 Å². The lowest BCUT2D eigenvalue weighted by atomic mass is 10.0. The van der Waals surface area contributed by atoms with Crippen LogP contribution in [0.5, 0.6) is 11.5 Å². The Kier molecular flexibility index (Phi) is 8.42. The van der Waals surface area contributed by atoms with E-state index in [1.807, 2.05) is 48.5 Å². The van der Waals surface area contributed by atoms with E-state index in [1.54, 1.807) is 18.2 Å². The average molecular weight is 473 g/mol. The molecule has 3 aromatic rings. The Hall–Kier alpha value is -3.15. The molecule has 0 aliphatic carbocycles. The van der Waals surface area contributed by atoms with Gasteiger partial charge in [0.25, 0.3) is 0 Å². The van der Waals surface area contributed by atoms with Crippen LogP contribution in [-0.4, -0.2) is 20.2 Å². The Balaban J connectivity index is 1.75. The number of ether oxygens (including phenoxy) is 4. The lowest BCUT2D eigenvalue weighted by molar-refractivity contribution is -0.133. The zero-order chi connectivity index (χ0) is 22.9. The number of hydrogen-bond donors (Lipinski definition) is 0. The minimum Gasteiger partial charge on any atom is -0.503 e. The van der Waals surface area contributed by atoms with Crippen LogP contribution in [0.25, 0.3) is 5.57 Å². The topological polar surface area (TPSA) is 54.0 Å². The first-order valence-electron chi connectivity index (χ1n) is 9.71. The van der Waals surface area contributed by atoms with Gasteiger partial charge in [0.1, 0.15) is 24.5 Å². The number of hydrogen-bond acceptors (Lipinski definition) is 5. The molecular weight excluding hydrogens is 451 g/mol. The van der Waals surface area contributed by atoms with E-state index in [1.165, 1.54) is 20.5 Å². The fraction of sp³-hybridized carbons (Fsp3) is 0.160. The van der Waals surface area contributed by atoms with Crippen LogP contribution >= 0.6 is 23.2 Å². The van der Waals surface area contributed by atoms with Gasteiger partial charge in [0.2, 0.25) is 0 Å². The van der Waals surface area contributed by atoms with Gasteiger partial charge in [-0.3, -0.25) is 0 Å². The lowest BCUT2D eigenvalue weighted by Gasteiger charge is -2.15. The molecule has 3 aromatic carbocycles. The SMILES string of the molecule is COC=C(C(=O)OC)c1ccccc1COc1cc(Cl)c(OCc2ccccc2)c(Cl)c1. The zero-order valence-electron chi connectivity index (χ0n) is 17.6. The fourth-order valence-electron chi connectivity index (χ4n) is 3.01. The Morgan fingerprint density at radius 1 is 0.875 bits per heavy atom. The first-order valence-corrected chi connectivity index (χ1v) is 10.5. The van der Waals surface area contributed by atoms with Crippen LogP contribution in [0.15, 0.2) is 73.0 Å². The summed E-state index contributed by atoms with van der Waals surface area (Å²) >= 11 is 12.8. The van der Waals surface area contributed by atoms with Gasteiger partial charge in [-0.2, -0.15) is 0 Å². The molecule has 0 amide bonds. The highest BCUT2D eigenvalue weighted by Crippen LogP contribution is 2.37. The van der Waals surface area contributed by atoms with Crippen molar-refractivity contribution in [3.05, 3.63) is 99.7 Å². The van der Waals surface area contributed by atoms with Crippen LogP contribution < -0.4 is 9.47 Å². The van der Waals surface area contributed by atoms with Crippen LogP contribution in [0.1, 0.15) is 16.7 Å². The van der Waals surface area contributed by atoms with Gasteiger partial charge < -0.3 is 18.9 Å². The number of carbonyl (C=O) groups is 1. The van der Waals surface area contributed by atoms with Gasteiger partial charge in [-0.05, 0) is 16.7 Å². The standard InChI is InChI=1S/C25H22Cl2O5/c1-29-16-21(25(28)30-2)20-11-7-6-10-18(20)15-31-19-12-22(26)24(23(27)13-19)32-14-17-8-4-3-5-9-17/h3-13,16H,14-15H2,1-2H3. The maximum Gasteiger partial charge on any atom is 0.341 e. The van der Waals surface area contributed by atoms with Crippen LogP contribution in [0, 0.1) is 0 Å². The molecule has 0 spiro atoms. The van der Waals surface area contributed by atoms with Gasteiger partial charge in [-0.1, -0.05) is 77.8 Å². The van der Waals surface area contributed by atoms with Gasteiger partial charge in [0.15, 0.2) is 5.75 Å². The van der Waals surface area contributed by atoms with Crippen molar-refractivity contribution < 1.29 is 23.7 Å². The minimum atomic E-state index is -0.509. The van der Waals surface area contributed by atoms with Gasteiger partial charge in [0.05, 0.1) is 30.5 Å². The van der Waals surface area contributed by atoms with E-state index in [-0.39, 0.29) is 12.2 Å². The second-order valence-electron chi connectivity index (χ2n) is 6.69. The van der Waals surface area contributed by atoms with Crippen molar-refractivity contribution in [1.29, 1.82) is 0 Å². The Morgan fingerprint density at radius 2 is 1.53 bits per heavy atom. The highest BCUT2D eigenvalue weighted by Gasteiger charge is 2.17. The number of rotatable bonds is 9. The molecular formula is C25H22Cl2O5. The molecule has 32 heavy (non-hydrogen) atoms. The van der Waals surface area contributed by atoms with Crippen molar-refractivity contribution >= 4 is 34.7 Å². The third-order valence-electron chi connectivity index (χ3n) is 4.54. The third kappa shape index (κ3) is 5.96. The smallest absolute Gasteiger partial charge is 0.341 e. The van der Waals surface area contributed by atoms with Crippen molar-refractivity contribution in [3.8, 4) is 11.5 Å². The normalized spacial score (nSPS) is 11.1. The van der Waals surface area contributed by atoms with E-state index >= 15 is 0 Å². The van der Waals surface area contributed by atoms with Crippen LogP contribution in [0.4, 0.5) is 0 Å². The first-order chi connectivity index (χ1) is 15.5. The Morgan fingerprint density at radius 3 is 2.19 bits per heavy atom. The van der Waals surface area contributed by atoms with Crippen molar-refractivity contribution in [2.75, 3.05) is 14.2 Å². The lowest BCUT2D eigenvalue weighted by Crippen LogP contribution is -2.08. The fourth-order valence-corrected chi connectivity index (χ4v) is 3.58. The van der Waals surface area contributed by atoms with Crippen molar-refractivity contribution in [2.24, 2.45) is 0 Å². The van der Waals surface area contributed by atoms with Crippen molar-refractivity contribution in [3.63, 3.8) is 0 Å². The second-order valence-corrected chi connectivity index (χ2v) is 7.51. The van der Waals surface area contributed by atoms with Gasteiger partial charge >= 0.3 is 5.97 Å². The number of esters is 1. The molecule has 0 unspecified atom stereocenters. The van der Waals surface area contributed by atoms with Crippen LogP contribution in [-0.2, 0) is 27.5 Å². The molecule has 0 N–H and O–H groups in total.